The van der Waals surface area contributed by atoms with Gasteiger partial charge in [0.2, 0.25) is 0 Å². The van der Waals surface area contributed by atoms with Crippen LogP contribution in [-0.4, -0.2) is 34.9 Å². The smallest absolute Gasteiger partial charge is 0.345 e. The Morgan fingerprint density at radius 2 is 2.00 bits per heavy atom. The van der Waals surface area contributed by atoms with Crippen LogP contribution in [0.15, 0.2) is 42.5 Å². The number of likely N-dealkylation sites (N-methyl/N-ethyl adjacent to an activating group) is 1. The molecule has 0 heterocycles. The van der Waals surface area contributed by atoms with Gasteiger partial charge in [0.15, 0.2) is 6.61 Å². The minimum absolute atomic E-state index is 0.0987. The highest BCUT2D eigenvalue weighted by Crippen LogP contribution is 2.24. The summed E-state index contributed by atoms with van der Waals surface area (Å²) in [4.78, 5) is 36.0. The topological polar surface area (TPSA) is 89.8 Å². The van der Waals surface area contributed by atoms with E-state index in [4.69, 9.17) is 16.3 Å². The zero-order valence-corrected chi connectivity index (χ0v) is 15.1. The van der Waals surface area contributed by atoms with E-state index in [1.54, 1.807) is 13.0 Å². The second kappa shape index (κ2) is 9.09. The third-order valence-corrected chi connectivity index (χ3v) is 3.94. The van der Waals surface area contributed by atoms with Gasteiger partial charge >= 0.3 is 5.97 Å². The first-order chi connectivity index (χ1) is 12.8. The van der Waals surface area contributed by atoms with Crippen molar-refractivity contribution in [3.05, 3.63) is 74.5 Å². The standard InChI is InChI=1S/C18H16ClFN2O5/c1-2-21(10-12-4-3-5-14(20)8-12)17(23)11-27-18(24)15-7-6-13(19)9-16(15)22(25)26/h3-9H,2,10-11H2,1H3. The second-order valence-electron chi connectivity index (χ2n) is 5.53. The van der Waals surface area contributed by atoms with Crippen LogP contribution < -0.4 is 0 Å². The van der Waals surface area contributed by atoms with Crippen LogP contribution in [-0.2, 0) is 16.1 Å². The second-order valence-corrected chi connectivity index (χ2v) is 5.97. The molecule has 0 unspecified atom stereocenters. The predicted octanol–water partition coefficient (Wildman–Crippen LogP) is 3.59. The van der Waals surface area contributed by atoms with Gasteiger partial charge in [0.1, 0.15) is 11.4 Å². The molecule has 0 bridgehead atoms. The molecule has 1 amide bonds. The Balaban J connectivity index is 2.03. The molecule has 142 valence electrons. The van der Waals surface area contributed by atoms with E-state index in [0.717, 1.165) is 12.1 Å². The van der Waals surface area contributed by atoms with Crippen LogP contribution in [0.1, 0.15) is 22.8 Å². The van der Waals surface area contributed by atoms with Crippen molar-refractivity contribution < 1.29 is 23.6 Å². The van der Waals surface area contributed by atoms with E-state index in [9.17, 15) is 24.1 Å². The number of amides is 1. The van der Waals surface area contributed by atoms with Crippen LogP contribution in [0.25, 0.3) is 0 Å². The van der Waals surface area contributed by atoms with Crippen molar-refractivity contribution in [1.82, 2.24) is 4.90 Å². The van der Waals surface area contributed by atoms with E-state index in [1.165, 1.54) is 29.2 Å². The van der Waals surface area contributed by atoms with E-state index in [-0.39, 0.29) is 17.1 Å². The van der Waals surface area contributed by atoms with Crippen LogP contribution >= 0.6 is 11.6 Å². The largest absolute Gasteiger partial charge is 0.452 e. The number of ether oxygens (including phenoxy) is 1. The molecule has 0 aromatic heterocycles. The normalized spacial score (nSPS) is 10.3. The van der Waals surface area contributed by atoms with Gasteiger partial charge in [0, 0.05) is 24.2 Å². The summed E-state index contributed by atoms with van der Waals surface area (Å²) in [7, 11) is 0. The zero-order valence-electron chi connectivity index (χ0n) is 14.4. The molecule has 0 atom stereocenters. The molecule has 9 heteroatoms. The van der Waals surface area contributed by atoms with Crippen molar-refractivity contribution in [3.63, 3.8) is 0 Å². The number of benzene rings is 2. The van der Waals surface area contributed by atoms with Crippen LogP contribution in [0, 0.1) is 15.9 Å². The van der Waals surface area contributed by atoms with Gasteiger partial charge in [-0.1, -0.05) is 23.7 Å². The van der Waals surface area contributed by atoms with Crippen molar-refractivity contribution in [3.8, 4) is 0 Å². The number of hydrogen-bond acceptors (Lipinski definition) is 5. The van der Waals surface area contributed by atoms with Crippen LogP contribution in [0.4, 0.5) is 10.1 Å². The molecule has 0 spiro atoms. The average Bonchev–Trinajstić information content (AvgIpc) is 2.63. The number of hydrogen-bond donors (Lipinski definition) is 0. The summed E-state index contributed by atoms with van der Waals surface area (Å²) in [5.41, 5.74) is -0.220. The van der Waals surface area contributed by atoms with Gasteiger partial charge in [-0.2, -0.15) is 0 Å². The molecule has 0 aliphatic carbocycles. The zero-order chi connectivity index (χ0) is 20.0. The van der Waals surface area contributed by atoms with E-state index in [2.05, 4.69) is 0 Å². The minimum atomic E-state index is -1.01. The molecule has 0 saturated carbocycles. The SMILES string of the molecule is CCN(Cc1cccc(F)c1)C(=O)COC(=O)c1ccc(Cl)cc1[N+](=O)[O-]. The molecule has 0 N–H and O–H groups in total. The van der Waals surface area contributed by atoms with Crippen molar-refractivity contribution in [2.24, 2.45) is 0 Å². The third-order valence-electron chi connectivity index (χ3n) is 3.70. The van der Waals surface area contributed by atoms with Crippen molar-refractivity contribution in [2.45, 2.75) is 13.5 Å². The fraction of sp³-hybridized carbons (Fsp3) is 0.222. The number of carbonyl (C=O) groups is 2. The van der Waals surface area contributed by atoms with Gasteiger partial charge in [0.05, 0.1) is 4.92 Å². The Hall–Kier alpha value is -3.00. The summed E-state index contributed by atoms with van der Waals surface area (Å²) in [5.74, 6) is -1.93. The lowest BCUT2D eigenvalue weighted by molar-refractivity contribution is -0.385. The first kappa shape index (κ1) is 20.3. The molecule has 0 aliphatic heterocycles. The molecule has 7 nitrogen and oxygen atoms in total. The number of rotatable bonds is 7. The summed E-state index contributed by atoms with van der Waals surface area (Å²) < 4.78 is 18.2. The molecule has 0 radical (unpaired) electrons. The van der Waals surface area contributed by atoms with Gasteiger partial charge < -0.3 is 9.64 Å². The van der Waals surface area contributed by atoms with Gasteiger partial charge in [-0.25, -0.2) is 9.18 Å². The van der Waals surface area contributed by atoms with Crippen molar-refractivity contribution >= 4 is 29.2 Å². The first-order valence-corrected chi connectivity index (χ1v) is 8.33. The Bertz CT molecular complexity index is 875. The number of nitrogens with zero attached hydrogens (tertiary/aromatic N) is 2. The Morgan fingerprint density at radius 3 is 2.63 bits per heavy atom. The highest BCUT2D eigenvalue weighted by molar-refractivity contribution is 6.31. The lowest BCUT2D eigenvalue weighted by Gasteiger charge is -2.21. The quantitative estimate of drug-likeness (QED) is 0.406. The molecular weight excluding hydrogens is 379 g/mol. The van der Waals surface area contributed by atoms with Crippen LogP contribution in [0.2, 0.25) is 5.02 Å². The lowest BCUT2D eigenvalue weighted by atomic mass is 10.2. The molecule has 2 rings (SSSR count). The highest BCUT2D eigenvalue weighted by atomic mass is 35.5. The highest BCUT2D eigenvalue weighted by Gasteiger charge is 2.23. The van der Waals surface area contributed by atoms with E-state index in [1.807, 2.05) is 0 Å². The molecule has 0 aliphatic rings. The summed E-state index contributed by atoms with van der Waals surface area (Å²) in [6, 6.07) is 9.31. The van der Waals surface area contributed by atoms with Gasteiger partial charge in [-0.3, -0.25) is 14.9 Å². The Morgan fingerprint density at radius 1 is 1.26 bits per heavy atom. The maximum atomic E-state index is 13.3. The summed E-state index contributed by atoms with van der Waals surface area (Å²) >= 11 is 5.70. The number of nitro groups is 1. The summed E-state index contributed by atoms with van der Waals surface area (Å²) in [6.45, 7) is 1.59. The Kier molecular flexibility index (Phi) is 6.84. The van der Waals surface area contributed by atoms with Crippen molar-refractivity contribution in [2.75, 3.05) is 13.2 Å². The lowest BCUT2D eigenvalue weighted by Crippen LogP contribution is -2.34. The predicted molar refractivity (Wildman–Crippen MR) is 95.9 cm³/mol. The summed E-state index contributed by atoms with van der Waals surface area (Å²) in [5, 5.41) is 11.1. The average molecular weight is 395 g/mol. The van der Waals surface area contributed by atoms with E-state index < -0.39 is 34.9 Å². The summed E-state index contributed by atoms with van der Waals surface area (Å²) in [6.07, 6.45) is 0. The van der Waals surface area contributed by atoms with E-state index >= 15 is 0 Å². The van der Waals surface area contributed by atoms with Crippen molar-refractivity contribution in [1.29, 1.82) is 0 Å². The first-order valence-electron chi connectivity index (χ1n) is 7.95. The maximum absolute atomic E-state index is 13.3. The van der Waals surface area contributed by atoms with Gasteiger partial charge in [-0.05, 0) is 36.8 Å². The fourth-order valence-electron chi connectivity index (χ4n) is 2.36. The molecule has 2 aromatic carbocycles. The van der Waals surface area contributed by atoms with E-state index in [0.29, 0.717) is 12.1 Å². The molecule has 0 saturated heterocycles. The van der Waals surface area contributed by atoms with Gasteiger partial charge in [-0.15, -0.1) is 0 Å². The Labute approximate surface area is 159 Å². The van der Waals surface area contributed by atoms with Crippen LogP contribution in [0.3, 0.4) is 0 Å². The van der Waals surface area contributed by atoms with Crippen LogP contribution in [0.5, 0.6) is 0 Å². The third kappa shape index (κ3) is 5.49. The van der Waals surface area contributed by atoms with Gasteiger partial charge in [0.25, 0.3) is 11.6 Å². The monoisotopic (exact) mass is 394 g/mol. The minimum Gasteiger partial charge on any atom is -0.452 e. The number of nitro benzene ring substituents is 1. The fourth-order valence-corrected chi connectivity index (χ4v) is 2.52. The number of halogens is 2. The number of carbonyl (C=O) groups excluding carboxylic acids is 2. The molecule has 0 fully saturated rings. The molecule has 2 aromatic rings. The number of esters is 1. The molecular formula is C18H16ClFN2O5. The molecule has 27 heavy (non-hydrogen) atoms. The maximum Gasteiger partial charge on any atom is 0.345 e.